The van der Waals surface area contributed by atoms with Crippen molar-refractivity contribution in [1.82, 2.24) is 4.98 Å². The number of aromatic amines is 1. The van der Waals surface area contributed by atoms with E-state index < -0.39 is 0 Å². The first-order valence-corrected chi connectivity index (χ1v) is 4.22. The van der Waals surface area contributed by atoms with Crippen LogP contribution in [0.4, 0.5) is 0 Å². The number of hydrogen-bond acceptors (Lipinski definition) is 2. The fourth-order valence-electron chi connectivity index (χ4n) is 1.41. The predicted molar refractivity (Wildman–Crippen MR) is 46.7 cm³/mol. The van der Waals surface area contributed by atoms with Gasteiger partial charge in [0.1, 0.15) is 0 Å². The van der Waals surface area contributed by atoms with Crippen molar-refractivity contribution < 1.29 is 0 Å². The zero-order valence-electron chi connectivity index (χ0n) is 6.79. The Morgan fingerprint density at radius 1 is 1.58 bits per heavy atom. The Morgan fingerprint density at radius 3 is 2.92 bits per heavy atom. The maximum atomic E-state index is 11.3. The summed E-state index contributed by atoms with van der Waals surface area (Å²) in [6.45, 7) is 0. The molecule has 0 bridgehead atoms. The molecular weight excluding hydrogens is 152 g/mol. The van der Waals surface area contributed by atoms with Crippen LogP contribution in [0, 0.1) is 5.92 Å². The Hall–Kier alpha value is -1.09. The SMILES string of the molecule is N[C@@H](c1ccc[nH]c1=O)C1CC1. The van der Waals surface area contributed by atoms with Crippen LogP contribution in [-0.4, -0.2) is 4.98 Å². The molecule has 0 aromatic carbocycles. The van der Waals surface area contributed by atoms with Gasteiger partial charge >= 0.3 is 0 Å². The first kappa shape index (κ1) is 7.55. The van der Waals surface area contributed by atoms with Gasteiger partial charge in [0.05, 0.1) is 0 Å². The van der Waals surface area contributed by atoms with Gasteiger partial charge < -0.3 is 10.7 Å². The van der Waals surface area contributed by atoms with Gasteiger partial charge in [0.2, 0.25) is 0 Å². The maximum absolute atomic E-state index is 11.3. The summed E-state index contributed by atoms with van der Waals surface area (Å²) < 4.78 is 0. The minimum Gasteiger partial charge on any atom is -0.329 e. The van der Waals surface area contributed by atoms with Crippen LogP contribution in [0.5, 0.6) is 0 Å². The highest BCUT2D eigenvalue weighted by atomic mass is 16.1. The number of hydrogen-bond donors (Lipinski definition) is 2. The molecular formula is C9H12N2O. The molecule has 2 rings (SSSR count). The highest BCUT2D eigenvalue weighted by molar-refractivity contribution is 5.16. The summed E-state index contributed by atoms with van der Waals surface area (Å²) in [5, 5.41) is 0. The van der Waals surface area contributed by atoms with Crippen molar-refractivity contribution in [3.8, 4) is 0 Å². The normalized spacial score (nSPS) is 19.1. The second kappa shape index (κ2) is 2.75. The third-order valence-electron chi connectivity index (χ3n) is 2.34. The summed E-state index contributed by atoms with van der Waals surface area (Å²) in [5.41, 5.74) is 6.56. The van der Waals surface area contributed by atoms with Crippen LogP contribution in [-0.2, 0) is 0 Å². The standard InChI is InChI=1S/C9H12N2O/c10-8(6-3-4-6)7-2-1-5-11-9(7)12/h1-2,5-6,8H,3-4,10H2,(H,11,12)/t8-/m1/s1. The molecule has 1 saturated carbocycles. The Morgan fingerprint density at radius 2 is 2.33 bits per heavy atom. The minimum atomic E-state index is -0.0602. The van der Waals surface area contributed by atoms with E-state index in [1.807, 2.05) is 12.1 Å². The van der Waals surface area contributed by atoms with Gasteiger partial charge in [-0.3, -0.25) is 4.79 Å². The Balaban J connectivity index is 2.32. The minimum absolute atomic E-state index is 0.0445. The van der Waals surface area contributed by atoms with E-state index >= 15 is 0 Å². The lowest BCUT2D eigenvalue weighted by molar-refractivity contribution is 0.625. The van der Waals surface area contributed by atoms with Gasteiger partial charge in [-0.2, -0.15) is 0 Å². The maximum Gasteiger partial charge on any atom is 0.252 e. The van der Waals surface area contributed by atoms with Crippen LogP contribution >= 0.6 is 0 Å². The summed E-state index contributed by atoms with van der Waals surface area (Å²) in [6.07, 6.45) is 3.95. The predicted octanol–water partition coefficient (Wildman–Crippen LogP) is 0.785. The highest BCUT2D eigenvalue weighted by Gasteiger charge is 2.30. The number of aromatic nitrogens is 1. The van der Waals surface area contributed by atoms with E-state index in [2.05, 4.69) is 4.98 Å². The van der Waals surface area contributed by atoms with E-state index in [9.17, 15) is 4.79 Å². The molecule has 0 amide bonds. The monoisotopic (exact) mass is 164 g/mol. The highest BCUT2D eigenvalue weighted by Crippen LogP contribution is 2.38. The topological polar surface area (TPSA) is 58.9 Å². The number of H-pyrrole nitrogens is 1. The third-order valence-corrected chi connectivity index (χ3v) is 2.34. The lowest BCUT2D eigenvalue weighted by Gasteiger charge is -2.07. The Labute approximate surface area is 70.6 Å². The summed E-state index contributed by atoms with van der Waals surface area (Å²) in [7, 11) is 0. The molecule has 1 atom stereocenters. The largest absolute Gasteiger partial charge is 0.329 e. The fraction of sp³-hybridized carbons (Fsp3) is 0.444. The van der Waals surface area contributed by atoms with E-state index in [1.54, 1.807) is 6.20 Å². The molecule has 0 spiro atoms. The molecule has 3 N–H and O–H groups in total. The quantitative estimate of drug-likeness (QED) is 0.678. The summed E-state index contributed by atoms with van der Waals surface area (Å²) in [5.74, 6) is 0.536. The molecule has 1 aliphatic rings. The summed E-state index contributed by atoms with van der Waals surface area (Å²) in [6, 6.07) is 3.57. The number of rotatable bonds is 2. The molecule has 64 valence electrons. The number of nitrogens with two attached hydrogens (primary N) is 1. The first-order valence-electron chi connectivity index (χ1n) is 4.22. The van der Waals surface area contributed by atoms with Gasteiger partial charge in [0.25, 0.3) is 5.56 Å². The van der Waals surface area contributed by atoms with Crippen molar-refractivity contribution in [2.75, 3.05) is 0 Å². The van der Waals surface area contributed by atoms with Crippen molar-refractivity contribution >= 4 is 0 Å². The molecule has 0 unspecified atom stereocenters. The van der Waals surface area contributed by atoms with Crippen molar-refractivity contribution in [2.45, 2.75) is 18.9 Å². The average Bonchev–Trinajstić information content (AvgIpc) is 2.86. The summed E-state index contributed by atoms with van der Waals surface area (Å²) >= 11 is 0. The molecule has 0 aliphatic heterocycles. The zero-order chi connectivity index (χ0) is 8.55. The van der Waals surface area contributed by atoms with Gasteiger partial charge in [0.15, 0.2) is 0 Å². The van der Waals surface area contributed by atoms with Crippen LogP contribution in [0.3, 0.4) is 0 Å². The molecule has 1 aromatic rings. The second-order valence-electron chi connectivity index (χ2n) is 3.32. The number of pyridine rings is 1. The zero-order valence-corrected chi connectivity index (χ0v) is 6.79. The van der Waals surface area contributed by atoms with Gasteiger partial charge in [0, 0.05) is 17.8 Å². The summed E-state index contributed by atoms with van der Waals surface area (Å²) in [4.78, 5) is 13.9. The molecule has 1 heterocycles. The second-order valence-corrected chi connectivity index (χ2v) is 3.32. The van der Waals surface area contributed by atoms with E-state index in [0.717, 1.165) is 18.4 Å². The van der Waals surface area contributed by atoms with Crippen LogP contribution < -0.4 is 11.3 Å². The first-order chi connectivity index (χ1) is 5.79. The van der Waals surface area contributed by atoms with E-state index in [-0.39, 0.29) is 11.6 Å². The van der Waals surface area contributed by atoms with Crippen molar-refractivity contribution in [3.05, 3.63) is 34.2 Å². The molecule has 12 heavy (non-hydrogen) atoms. The number of nitrogens with one attached hydrogen (secondary N) is 1. The van der Waals surface area contributed by atoms with Crippen LogP contribution in [0.25, 0.3) is 0 Å². The smallest absolute Gasteiger partial charge is 0.252 e. The molecule has 0 radical (unpaired) electrons. The van der Waals surface area contributed by atoms with Crippen LogP contribution in [0.15, 0.2) is 23.1 Å². The fourth-order valence-corrected chi connectivity index (χ4v) is 1.41. The van der Waals surface area contributed by atoms with Gasteiger partial charge in [-0.25, -0.2) is 0 Å². The lowest BCUT2D eigenvalue weighted by atomic mass is 10.1. The van der Waals surface area contributed by atoms with Crippen molar-refractivity contribution in [3.63, 3.8) is 0 Å². The van der Waals surface area contributed by atoms with E-state index in [1.165, 1.54) is 0 Å². The molecule has 1 aromatic heterocycles. The van der Waals surface area contributed by atoms with Crippen LogP contribution in [0.1, 0.15) is 24.4 Å². The molecule has 1 aliphatic carbocycles. The molecule has 0 saturated heterocycles. The van der Waals surface area contributed by atoms with Crippen LogP contribution in [0.2, 0.25) is 0 Å². The Kier molecular flexibility index (Phi) is 1.73. The van der Waals surface area contributed by atoms with Crippen molar-refractivity contribution in [2.24, 2.45) is 11.7 Å². The molecule has 3 heteroatoms. The van der Waals surface area contributed by atoms with Gasteiger partial charge in [-0.15, -0.1) is 0 Å². The van der Waals surface area contributed by atoms with Gasteiger partial charge in [-0.1, -0.05) is 6.07 Å². The lowest BCUT2D eigenvalue weighted by Crippen LogP contribution is -2.22. The molecule has 1 fully saturated rings. The van der Waals surface area contributed by atoms with Gasteiger partial charge in [-0.05, 0) is 24.8 Å². The third kappa shape index (κ3) is 1.28. The average molecular weight is 164 g/mol. The molecule has 3 nitrogen and oxygen atoms in total. The van der Waals surface area contributed by atoms with E-state index in [0.29, 0.717) is 5.92 Å². The Bertz CT molecular complexity index is 327. The van der Waals surface area contributed by atoms with E-state index in [4.69, 9.17) is 5.73 Å². The van der Waals surface area contributed by atoms with Crippen molar-refractivity contribution in [1.29, 1.82) is 0 Å².